The summed E-state index contributed by atoms with van der Waals surface area (Å²) in [6, 6.07) is 1.54. The molecule has 4 nitrogen and oxygen atoms in total. The van der Waals surface area contributed by atoms with E-state index in [2.05, 4.69) is 29.4 Å². The lowest BCUT2D eigenvalue weighted by Crippen LogP contribution is -2.50. The van der Waals surface area contributed by atoms with Gasteiger partial charge in [-0.2, -0.15) is 0 Å². The summed E-state index contributed by atoms with van der Waals surface area (Å²) in [5, 5.41) is 6.58. The molecule has 0 aromatic rings. The molecule has 1 saturated carbocycles. The molecule has 1 aliphatic heterocycles. The van der Waals surface area contributed by atoms with Gasteiger partial charge in [-0.3, -0.25) is 9.69 Å². The van der Waals surface area contributed by atoms with Crippen molar-refractivity contribution in [2.75, 3.05) is 19.6 Å². The van der Waals surface area contributed by atoms with Crippen molar-refractivity contribution < 1.29 is 4.79 Å². The molecule has 2 fully saturated rings. The molecule has 1 atom stereocenters. The standard InChI is InChI=1S/C14H27N3O/c1-11(2)15-9-13-5-3-4-8-17(13)10-14(18)16-12-6-7-12/h11-13,15H,3-10H2,1-2H3,(H,16,18). The number of nitrogens with zero attached hydrogens (tertiary/aromatic N) is 1. The molecule has 4 heteroatoms. The molecule has 1 aliphatic carbocycles. The number of carbonyl (C=O) groups excluding carboxylic acids is 1. The highest BCUT2D eigenvalue weighted by molar-refractivity contribution is 5.78. The van der Waals surface area contributed by atoms with E-state index in [0.29, 0.717) is 24.7 Å². The fourth-order valence-electron chi connectivity index (χ4n) is 2.56. The Bertz CT molecular complexity index is 276. The van der Waals surface area contributed by atoms with Gasteiger partial charge < -0.3 is 10.6 Å². The number of piperidine rings is 1. The minimum Gasteiger partial charge on any atom is -0.352 e. The normalized spacial score (nSPS) is 25.4. The van der Waals surface area contributed by atoms with Crippen LogP contribution in [0.15, 0.2) is 0 Å². The molecular weight excluding hydrogens is 226 g/mol. The van der Waals surface area contributed by atoms with E-state index in [1.54, 1.807) is 0 Å². The predicted octanol–water partition coefficient (Wildman–Crippen LogP) is 1.12. The average molecular weight is 253 g/mol. The van der Waals surface area contributed by atoms with Gasteiger partial charge in [-0.1, -0.05) is 20.3 Å². The first kappa shape index (κ1) is 13.8. The zero-order valence-electron chi connectivity index (χ0n) is 11.7. The van der Waals surface area contributed by atoms with Crippen molar-refractivity contribution in [3.8, 4) is 0 Å². The largest absolute Gasteiger partial charge is 0.352 e. The molecule has 0 radical (unpaired) electrons. The lowest BCUT2D eigenvalue weighted by Gasteiger charge is -2.35. The Morgan fingerprint density at radius 3 is 2.72 bits per heavy atom. The van der Waals surface area contributed by atoms with Crippen LogP contribution in [0, 0.1) is 0 Å². The molecule has 2 rings (SSSR count). The van der Waals surface area contributed by atoms with Crippen LogP contribution in [-0.2, 0) is 4.79 Å². The van der Waals surface area contributed by atoms with Crippen LogP contribution in [-0.4, -0.2) is 48.6 Å². The number of likely N-dealkylation sites (tertiary alicyclic amines) is 1. The highest BCUT2D eigenvalue weighted by Gasteiger charge is 2.27. The quantitative estimate of drug-likeness (QED) is 0.745. The minimum absolute atomic E-state index is 0.217. The van der Waals surface area contributed by atoms with Crippen molar-refractivity contribution in [1.29, 1.82) is 0 Å². The number of hydrogen-bond donors (Lipinski definition) is 2. The Labute approximate surface area is 110 Å². The Morgan fingerprint density at radius 1 is 1.28 bits per heavy atom. The van der Waals surface area contributed by atoms with E-state index in [-0.39, 0.29) is 5.91 Å². The number of rotatable bonds is 6. The van der Waals surface area contributed by atoms with Crippen LogP contribution in [0.2, 0.25) is 0 Å². The first-order valence-corrected chi connectivity index (χ1v) is 7.42. The predicted molar refractivity (Wildman–Crippen MR) is 73.5 cm³/mol. The molecule has 18 heavy (non-hydrogen) atoms. The van der Waals surface area contributed by atoms with E-state index in [0.717, 1.165) is 13.1 Å². The van der Waals surface area contributed by atoms with Gasteiger partial charge in [0.2, 0.25) is 5.91 Å². The van der Waals surface area contributed by atoms with Gasteiger partial charge >= 0.3 is 0 Å². The van der Waals surface area contributed by atoms with Gasteiger partial charge in [0, 0.05) is 24.7 Å². The molecule has 0 aromatic carbocycles. The molecule has 1 amide bonds. The highest BCUT2D eigenvalue weighted by Crippen LogP contribution is 2.19. The molecule has 1 unspecified atom stereocenters. The smallest absolute Gasteiger partial charge is 0.234 e. The third-order valence-corrected chi connectivity index (χ3v) is 3.80. The van der Waals surface area contributed by atoms with Gasteiger partial charge in [0.25, 0.3) is 0 Å². The Morgan fingerprint density at radius 2 is 2.06 bits per heavy atom. The Balaban J connectivity index is 1.76. The molecule has 2 N–H and O–H groups in total. The zero-order chi connectivity index (χ0) is 13.0. The summed E-state index contributed by atoms with van der Waals surface area (Å²) in [4.78, 5) is 14.2. The van der Waals surface area contributed by atoms with Crippen LogP contribution in [0.3, 0.4) is 0 Å². The van der Waals surface area contributed by atoms with Crippen LogP contribution in [0.25, 0.3) is 0 Å². The third kappa shape index (κ3) is 4.58. The highest BCUT2D eigenvalue weighted by atomic mass is 16.2. The minimum atomic E-state index is 0.217. The van der Waals surface area contributed by atoms with E-state index in [4.69, 9.17) is 0 Å². The van der Waals surface area contributed by atoms with Crippen LogP contribution in [0.5, 0.6) is 0 Å². The fourth-order valence-corrected chi connectivity index (χ4v) is 2.56. The summed E-state index contributed by atoms with van der Waals surface area (Å²) in [6.07, 6.45) is 6.09. The van der Waals surface area contributed by atoms with Crippen molar-refractivity contribution in [3.05, 3.63) is 0 Å². The molecule has 104 valence electrons. The lowest BCUT2D eigenvalue weighted by atomic mass is 10.0. The first-order chi connectivity index (χ1) is 8.65. The zero-order valence-corrected chi connectivity index (χ0v) is 11.7. The SMILES string of the molecule is CC(C)NCC1CCCCN1CC(=O)NC1CC1. The van der Waals surface area contributed by atoms with Gasteiger partial charge in [-0.25, -0.2) is 0 Å². The summed E-state index contributed by atoms with van der Waals surface area (Å²) in [5.41, 5.74) is 0. The number of amides is 1. The van der Waals surface area contributed by atoms with E-state index >= 15 is 0 Å². The summed E-state index contributed by atoms with van der Waals surface area (Å²) in [5.74, 6) is 0.217. The third-order valence-electron chi connectivity index (χ3n) is 3.80. The second kappa shape index (κ2) is 6.53. The summed E-state index contributed by atoms with van der Waals surface area (Å²) in [6.45, 7) is 7.01. The van der Waals surface area contributed by atoms with Gasteiger partial charge in [0.1, 0.15) is 0 Å². The Hall–Kier alpha value is -0.610. The van der Waals surface area contributed by atoms with Crippen LogP contribution in [0.4, 0.5) is 0 Å². The molecular formula is C14H27N3O. The molecule has 0 spiro atoms. The first-order valence-electron chi connectivity index (χ1n) is 7.42. The summed E-state index contributed by atoms with van der Waals surface area (Å²) < 4.78 is 0. The van der Waals surface area contributed by atoms with Gasteiger partial charge in [-0.15, -0.1) is 0 Å². The van der Waals surface area contributed by atoms with E-state index in [1.165, 1.54) is 32.1 Å². The fraction of sp³-hybridized carbons (Fsp3) is 0.929. The summed E-state index contributed by atoms with van der Waals surface area (Å²) >= 11 is 0. The molecule has 1 saturated heterocycles. The number of hydrogen-bond acceptors (Lipinski definition) is 3. The second-order valence-electron chi connectivity index (χ2n) is 6.02. The van der Waals surface area contributed by atoms with Crippen molar-refractivity contribution >= 4 is 5.91 Å². The molecule has 0 aromatic heterocycles. The monoisotopic (exact) mass is 253 g/mol. The second-order valence-corrected chi connectivity index (χ2v) is 6.02. The number of carbonyl (C=O) groups is 1. The van der Waals surface area contributed by atoms with Crippen molar-refractivity contribution in [1.82, 2.24) is 15.5 Å². The maximum absolute atomic E-state index is 11.9. The lowest BCUT2D eigenvalue weighted by molar-refractivity contribution is -0.123. The molecule has 2 aliphatic rings. The van der Waals surface area contributed by atoms with Crippen LogP contribution < -0.4 is 10.6 Å². The molecule has 1 heterocycles. The van der Waals surface area contributed by atoms with Crippen molar-refractivity contribution in [2.45, 2.75) is 64.1 Å². The maximum atomic E-state index is 11.9. The van der Waals surface area contributed by atoms with E-state index in [1.807, 2.05) is 0 Å². The van der Waals surface area contributed by atoms with Gasteiger partial charge in [-0.05, 0) is 32.2 Å². The van der Waals surface area contributed by atoms with Gasteiger partial charge in [0.05, 0.1) is 6.54 Å². The molecule has 0 bridgehead atoms. The van der Waals surface area contributed by atoms with Crippen molar-refractivity contribution in [2.24, 2.45) is 0 Å². The van der Waals surface area contributed by atoms with Crippen LogP contribution >= 0.6 is 0 Å². The maximum Gasteiger partial charge on any atom is 0.234 e. The average Bonchev–Trinajstić information content (AvgIpc) is 3.11. The number of nitrogens with one attached hydrogen (secondary N) is 2. The van der Waals surface area contributed by atoms with E-state index < -0.39 is 0 Å². The van der Waals surface area contributed by atoms with Crippen molar-refractivity contribution in [3.63, 3.8) is 0 Å². The Kier molecular flexibility index (Phi) is 5.01. The topological polar surface area (TPSA) is 44.4 Å². The van der Waals surface area contributed by atoms with E-state index in [9.17, 15) is 4.79 Å². The summed E-state index contributed by atoms with van der Waals surface area (Å²) in [7, 11) is 0. The van der Waals surface area contributed by atoms with Crippen LogP contribution in [0.1, 0.15) is 46.0 Å². The van der Waals surface area contributed by atoms with Gasteiger partial charge in [0.15, 0.2) is 0 Å².